The molecule has 0 saturated carbocycles. The third-order valence-corrected chi connectivity index (χ3v) is 4.26. The molecule has 2 amide bonds. The van der Waals surface area contributed by atoms with E-state index in [0.717, 1.165) is 0 Å². The Morgan fingerprint density at radius 1 is 1.42 bits per heavy atom. The summed E-state index contributed by atoms with van der Waals surface area (Å²) in [6.07, 6.45) is 4.01. The Hall–Kier alpha value is -2.61. The minimum absolute atomic E-state index is 0.115. The lowest BCUT2D eigenvalue weighted by atomic mass is 9.80. The Morgan fingerprint density at radius 2 is 2.12 bits per heavy atom. The second kappa shape index (κ2) is 7.74. The Morgan fingerprint density at radius 3 is 2.65 bits per heavy atom. The number of pyridine rings is 1. The van der Waals surface area contributed by atoms with Gasteiger partial charge in [0, 0.05) is 13.2 Å². The Balaban J connectivity index is 2.28. The van der Waals surface area contributed by atoms with Crippen molar-refractivity contribution in [2.45, 2.75) is 20.8 Å². The standard InChI is InChI=1S/C17H22ClN5O3/c1-17(2,3)12(10-26-16(19)25)15(24)22(4)13-9-23(21-14(13)18)11-6-5-7-20-8-11/h5-9,12H,10H2,1-4H3,(H2,19,25). The summed E-state index contributed by atoms with van der Waals surface area (Å²) in [5, 5.41) is 4.40. The third kappa shape index (κ3) is 4.51. The van der Waals surface area contributed by atoms with Gasteiger partial charge >= 0.3 is 6.09 Å². The summed E-state index contributed by atoms with van der Waals surface area (Å²) in [6.45, 7) is 5.54. The number of primary amides is 1. The number of anilines is 1. The second-order valence-electron chi connectivity index (χ2n) is 6.91. The SMILES string of the molecule is CN(C(=O)C(COC(N)=O)C(C)(C)C)c1cn(-c2cccnc2)nc1Cl. The predicted molar refractivity (Wildman–Crippen MR) is 98.3 cm³/mol. The van der Waals surface area contributed by atoms with Gasteiger partial charge < -0.3 is 15.4 Å². The van der Waals surface area contributed by atoms with Gasteiger partial charge in [-0.2, -0.15) is 5.10 Å². The number of carbonyl (C=O) groups is 2. The highest BCUT2D eigenvalue weighted by Gasteiger charge is 2.35. The molecule has 0 aromatic carbocycles. The first-order chi connectivity index (χ1) is 12.1. The molecule has 2 aromatic heterocycles. The Bertz CT molecular complexity index is 785. The van der Waals surface area contributed by atoms with Crippen molar-refractivity contribution < 1.29 is 14.3 Å². The summed E-state index contributed by atoms with van der Waals surface area (Å²) in [4.78, 5) is 29.4. The molecular formula is C17H22ClN5O3. The van der Waals surface area contributed by atoms with E-state index in [2.05, 4.69) is 10.1 Å². The summed E-state index contributed by atoms with van der Waals surface area (Å²) in [7, 11) is 1.60. The van der Waals surface area contributed by atoms with Crippen molar-refractivity contribution >= 4 is 29.3 Å². The fourth-order valence-corrected chi connectivity index (χ4v) is 2.66. The maximum atomic E-state index is 13.0. The highest BCUT2D eigenvalue weighted by atomic mass is 35.5. The van der Waals surface area contributed by atoms with E-state index in [9.17, 15) is 9.59 Å². The van der Waals surface area contributed by atoms with E-state index in [1.165, 1.54) is 4.90 Å². The van der Waals surface area contributed by atoms with E-state index >= 15 is 0 Å². The van der Waals surface area contributed by atoms with Gasteiger partial charge in [-0.05, 0) is 17.5 Å². The lowest BCUT2D eigenvalue weighted by Crippen LogP contribution is -2.42. The number of hydrogen-bond donors (Lipinski definition) is 1. The molecule has 1 atom stereocenters. The summed E-state index contributed by atoms with van der Waals surface area (Å²) >= 11 is 6.23. The van der Waals surface area contributed by atoms with Gasteiger partial charge in [0.05, 0.1) is 24.0 Å². The number of nitrogens with zero attached hydrogens (tertiary/aromatic N) is 4. The lowest BCUT2D eigenvalue weighted by Gasteiger charge is -2.32. The topological polar surface area (TPSA) is 103 Å². The van der Waals surface area contributed by atoms with Crippen molar-refractivity contribution in [1.29, 1.82) is 0 Å². The molecule has 2 rings (SSSR count). The predicted octanol–water partition coefficient (Wildman–Crippen LogP) is 2.64. The van der Waals surface area contributed by atoms with Crippen LogP contribution in [0.5, 0.6) is 0 Å². The van der Waals surface area contributed by atoms with Crippen LogP contribution in [0.4, 0.5) is 10.5 Å². The van der Waals surface area contributed by atoms with Gasteiger partial charge in [0.1, 0.15) is 12.3 Å². The molecule has 0 radical (unpaired) electrons. The van der Waals surface area contributed by atoms with Crippen LogP contribution in [0.3, 0.4) is 0 Å². The van der Waals surface area contributed by atoms with Gasteiger partial charge in [-0.25, -0.2) is 9.48 Å². The fraction of sp³-hybridized carbons (Fsp3) is 0.412. The molecule has 1 unspecified atom stereocenters. The number of ether oxygens (including phenoxy) is 1. The largest absolute Gasteiger partial charge is 0.449 e. The minimum atomic E-state index is -0.919. The molecule has 0 fully saturated rings. The lowest BCUT2D eigenvalue weighted by molar-refractivity contribution is -0.126. The van der Waals surface area contributed by atoms with Gasteiger partial charge in [-0.15, -0.1) is 0 Å². The van der Waals surface area contributed by atoms with E-state index in [-0.39, 0.29) is 17.7 Å². The average molecular weight is 380 g/mol. The van der Waals surface area contributed by atoms with Crippen LogP contribution in [-0.4, -0.2) is 40.4 Å². The molecule has 0 spiro atoms. The summed E-state index contributed by atoms with van der Waals surface area (Å²) in [5.74, 6) is -0.857. The number of rotatable bonds is 5. The molecule has 9 heteroatoms. The van der Waals surface area contributed by atoms with E-state index in [1.54, 1.807) is 36.4 Å². The van der Waals surface area contributed by atoms with Gasteiger partial charge in [0.15, 0.2) is 5.15 Å². The summed E-state index contributed by atoms with van der Waals surface area (Å²) < 4.78 is 6.41. The number of nitrogens with two attached hydrogens (primary N) is 1. The number of carbonyl (C=O) groups excluding carboxylic acids is 2. The molecule has 0 aliphatic carbocycles. The van der Waals surface area contributed by atoms with Crippen LogP contribution in [0.2, 0.25) is 5.15 Å². The number of aromatic nitrogens is 3. The van der Waals surface area contributed by atoms with Crippen LogP contribution in [-0.2, 0) is 9.53 Å². The van der Waals surface area contributed by atoms with Crippen molar-refractivity contribution in [2.24, 2.45) is 17.1 Å². The zero-order chi connectivity index (χ0) is 19.5. The van der Waals surface area contributed by atoms with Gasteiger partial charge in [-0.3, -0.25) is 9.78 Å². The van der Waals surface area contributed by atoms with Crippen molar-refractivity contribution in [3.63, 3.8) is 0 Å². The molecule has 2 heterocycles. The Labute approximate surface area is 156 Å². The number of amides is 2. The average Bonchev–Trinajstić information content (AvgIpc) is 2.95. The first kappa shape index (κ1) is 19.7. The molecular weight excluding hydrogens is 358 g/mol. The zero-order valence-corrected chi connectivity index (χ0v) is 15.9. The van der Waals surface area contributed by atoms with Crippen LogP contribution < -0.4 is 10.6 Å². The first-order valence-electron chi connectivity index (χ1n) is 7.96. The van der Waals surface area contributed by atoms with Crippen molar-refractivity contribution in [3.8, 4) is 5.69 Å². The molecule has 140 valence electrons. The molecule has 0 aliphatic heterocycles. The van der Waals surface area contributed by atoms with Crippen molar-refractivity contribution in [2.75, 3.05) is 18.6 Å². The first-order valence-corrected chi connectivity index (χ1v) is 8.34. The van der Waals surface area contributed by atoms with Gasteiger partial charge in [-0.1, -0.05) is 32.4 Å². The number of halogens is 1. The summed E-state index contributed by atoms with van der Waals surface area (Å²) in [6, 6.07) is 3.59. The van der Waals surface area contributed by atoms with Crippen LogP contribution >= 0.6 is 11.6 Å². The molecule has 26 heavy (non-hydrogen) atoms. The normalized spacial score (nSPS) is 12.5. The maximum absolute atomic E-state index is 13.0. The third-order valence-electron chi connectivity index (χ3n) is 3.99. The number of hydrogen-bond acceptors (Lipinski definition) is 5. The monoisotopic (exact) mass is 379 g/mol. The molecule has 2 N–H and O–H groups in total. The van der Waals surface area contributed by atoms with Crippen LogP contribution in [0, 0.1) is 11.3 Å². The van der Waals surface area contributed by atoms with E-state index in [0.29, 0.717) is 11.4 Å². The maximum Gasteiger partial charge on any atom is 0.404 e. The molecule has 8 nitrogen and oxygen atoms in total. The quantitative estimate of drug-likeness (QED) is 0.860. The van der Waals surface area contributed by atoms with Gasteiger partial charge in [0.2, 0.25) is 5.91 Å². The zero-order valence-electron chi connectivity index (χ0n) is 15.1. The summed E-state index contributed by atoms with van der Waals surface area (Å²) in [5.41, 5.74) is 5.74. The molecule has 2 aromatic rings. The van der Waals surface area contributed by atoms with Gasteiger partial charge in [0.25, 0.3) is 0 Å². The van der Waals surface area contributed by atoms with Crippen molar-refractivity contribution in [1.82, 2.24) is 14.8 Å². The Kier molecular flexibility index (Phi) is 5.86. The van der Waals surface area contributed by atoms with E-state index in [4.69, 9.17) is 22.1 Å². The highest BCUT2D eigenvalue weighted by molar-refractivity contribution is 6.32. The second-order valence-corrected chi connectivity index (χ2v) is 7.26. The molecule has 0 saturated heterocycles. The van der Waals surface area contributed by atoms with Crippen LogP contribution in [0.15, 0.2) is 30.7 Å². The van der Waals surface area contributed by atoms with Crippen LogP contribution in [0.25, 0.3) is 5.69 Å². The van der Waals surface area contributed by atoms with E-state index < -0.39 is 17.4 Å². The molecule has 0 bridgehead atoms. The fourth-order valence-electron chi connectivity index (χ4n) is 2.40. The minimum Gasteiger partial charge on any atom is -0.449 e. The molecule has 0 aliphatic rings. The smallest absolute Gasteiger partial charge is 0.404 e. The van der Waals surface area contributed by atoms with Crippen LogP contribution in [0.1, 0.15) is 20.8 Å². The van der Waals surface area contributed by atoms with E-state index in [1.807, 2.05) is 26.8 Å². The highest BCUT2D eigenvalue weighted by Crippen LogP contribution is 2.32. The van der Waals surface area contributed by atoms with Crippen molar-refractivity contribution in [3.05, 3.63) is 35.9 Å².